The summed E-state index contributed by atoms with van der Waals surface area (Å²) in [7, 11) is 0. The smallest absolute Gasteiger partial charge is 0.259 e. The fourth-order valence-electron chi connectivity index (χ4n) is 3.40. The number of hydrogen-bond acceptors (Lipinski definition) is 3. The SMILES string of the molecule is CCC(=O)Nc1ccc(Cl)c(NC(=O)c2cn(-c3ccccc3)nc2-c2cccc(C)c2)c1. The van der Waals surface area contributed by atoms with Gasteiger partial charge in [-0.1, -0.05) is 60.5 Å². The molecule has 33 heavy (non-hydrogen) atoms. The number of benzene rings is 3. The lowest BCUT2D eigenvalue weighted by atomic mass is 10.1. The highest BCUT2D eigenvalue weighted by atomic mass is 35.5. The van der Waals surface area contributed by atoms with Crippen LogP contribution < -0.4 is 10.6 Å². The molecule has 0 saturated carbocycles. The first kappa shape index (κ1) is 22.3. The first-order valence-electron chi connectivity index (χ1n) is 10.6. The molecule has 4 aromatic rings. The number of nitrogens with one attached hydrogen (secondary N) is 2. The summed E-state index contributed by atoms with van der Waals surface area (Å²) in [6, 6.07) is 22.4. The summed E-state index contributed by atoms with van der Waals surface area (Å²) in [4.78, 5) is 25.1. The van der Waals surface area contributed by atoms with Crippen LogP contribution in [0.15, 0.2) is 79.0 Å². The van der Waals surface area contributed by atoms with Gasteiger partial charge in [-0.2, -0.15) is 5.10 Å². The summed E-state index contributed by atoms with van der Waals surface area (Å²) in [5.74, 6) is -0.477. The Morgan fingerprint density at radius 2 is 1.76 bits per heavy atom. The van der Waals surface area contributed by atoms with E-state index in [-0.39, 0.29) is 11.8 Å². The Labute approximate surface area is 197 Å². The molecule has 0 radical (unpaired) electrons. The van der Waals surface area contributed by atoms with Crippen LogP contribution in [0.3, 0.4) is 0 Å². The van der Waals surface area contributed by atoms with Gasteiger partial charge < -0.3 is 10.6 Å². The van der Waals surface area contributed by atoms with Crippen LogP contribution >= 0.6 is 11.6 Å². The van der Waals surface area contributed by atoms with E-state index < -0.39 is 0 Å². The normalized spacial score (nSPS) is 10.6. The quantitative estimate of drug-likeness (QED) is 0.366. The molecule has 4 rings (SSSR count). The number of nitrogens with zero attached hydrogens (tertiary/aromatic N) is 2. The number of halogens is 1. The molecule has 0 fully saturated rings. The molecule has 1 heterocycles. The maximum absolute atomic E-state index is 13.4. The molecule has 0 spiro atoms. The minimum Gasteiger partial charge on any atom is -0.326 e. The molecule has 0 bridgehead atoms. The van der Waals surface area contributed by atoms with Gasteiger partial charge in [-0.25, -0.2) is 4.68 Å². The molecule has 0 aliphatic heterocycles. The van der Waals surface area contributed by atoms with Crippen molar-refractivity contribution in [3.63, 3.8) is 0 Å². The Morgan fingerprint density at radius 1 is 0.970 bits per heavy atom. The van der Waals surface area contributed by atoms with Gasteiger partial charge in [0, 0.05) is 23.9 Å². The predicted molar refractivity (Wildman–Crippen MR) is 132 cm³/mol. The number of para-hydroxylation sites is 1. The Hall–Kier alpha value is -3.90. The zero-order valence-electron chi connectivity index (χ0n) is 18.3. The Morgan fingerprint density at radius 3 is 2.48 bits per heavy atom. The van der Waals surface area contributed by atoms with E-state index in [4.69, 9.17) is 16.7 Å². The Balaban J connectivity index is 1.72. The fourth-order valence-corrected chi connectivity index (χ4v) is 3.56. The molecule has 0 unspecified atom stereocenters. The molecule has 7 heteroatoms. The zero-order valence-corrected chi connectivity index (χ0v) is 19.1. The Kier molecular flexibility index (Phi) is 6.56. The number of carbonyl (C=O) groups excluding carboxylic acids is 2. The summed E-state index contributed by atoms with van der Waals surface area (Å²) in [6.45, 7) is 3.76. The van der Waals surface area contributed by atoms with Gasteiger partial charge in [0.1, 0.15) is 5.69 Å². The van der Waals surface area contributed by atoms with Crippen LogP contribution in [0.1, 0.15) is 29.3 Å². The third-order valence-electron chi connectivity index (χ3n) is 5.09. The summed E-state index contributed by atoms with van der Waals surface area (Å²) in [5, 5.41) is 10.7. The number of amides is 2. The molecule has 0 atom stereocenters. The van der Waals surface area contributed by atoms with E-state index in [9.17, 15) is 9.59 Å². The van der Waals surface area contributed by atoms with Crippen molar-refractivity contribution < 1.29 is 9.59 Å². The second kappa shape index (κ2) is 9.71. The number of anilines is 2. The molecule has 0 aliphatic rings. The average molecular weight is 459 g/mol. The zero-order chi connectivity index (χ0) is 23.4. The van der Waals surface area contributed by atoms with Gasteiger partial charge in [-0.15, -0.1) is 0 Å². The monoisotopic (exact) mass is 458 g/mol. The molecule has 2 N–H and O–H groups in total. The highest BCUT2D eigenvalue weighted by molar-refractivity contribution is 6.34. The summed E-state index contributed by atoms with van der Waals surface area (Å²) in [6.07, 6.45) is 2.06. The van der Waals surface area contributed by atoms with Gasteiger partial charge in [0.25, 0.3) is 5.91 Å². The summed E-state index contributed by atoms with van der Waals surface area (Å²) >= 11 is 6.33. The third kappa shape index (κ3) is 5.13. The first-order chi connectivity index (χ1) is 15.9. The lowest BCUT2D eigenvalue weighted by molar-refractivity contribution is -0.115. The maximum Gasteiger partial charge on any atom is 0.259 e. The number of hydrogen-bond donors (Lipinski definition) is 2. The molecule has 1 aromatic heterocycles. The van der Waals surface area contributed by atoms with E-state index in [1.165, 1.54) is 0 Å². The van der Waals surface area contributed by atoms with E-state index >= 15 is 0 Å². The van der Waals surface area contributed by atoms with Crippen LogP contribution in [-0.2, 0) is 4.79 Å². The molecule has 0 saturated heterocycles. The number of carbonyl (C=O) groups is 2. The van der Waals surface area contributed by atoms with E-state index in [1.54, 1.807) is 36.0 Å². The summed E-state index contributed by atoms with van der Waals surface area (Å²) < 4.78 is 1.69. The number of rotatable bonds is 6. The van der Waals surface area contributed by atoms with Crippen molar-refractivity contribution in [1.82, 2.24) is 9.78 Å². The third-order valence-corrected chi connectivity index (χ3v) is 5.42. The van der Waals surface area contributed by atoms with Crippen LogP contribution in [0.2, 0.25) is 5.02 Å². The molecule has 0 aliphatic carbocycles. The van der Waals surface area contributed by atoms with E-state index in [0.717, 1.165) is 16.8 Å². The number of aromatic nitrogens is 2. The predicted octanol–water partition coefficient (Wildman–Crippen LogP) is 6.10. The van der Waals surface area contributed by atoms with Gasteiger partial charge in [0.05, 0.1) is 22.0 Å². The van der Waals surface area contributed by atoms with Crippen molar-refractivity contribution in [2.45, 2.75) is 20.3 Å². The second-order valence-corrected chi connectivity index (χ2v) is 8.00. The average Bonchev–Trinajstić information content (AvgIpc) is 3.27. The highest BCUT2D eigenvalue weighted by Gasteiger charge is 2.20. The lowest BCUT2D eigenvalue weighted by Gasteiger charge is -2.10. The van der Waals surface area contributed by atoms with Crippen molar-refractivity contribution in [1.29, 1.82) is 0 Å². The second-order valence-electron chi connectivity index (χ2n) is 7.59. The van der Waals surface area contributed by atoms with Gasteiger partial charge in [-0.3, -0.25) is 9.59 Å². The summed E-state index contributed by atoms with van der Waals surface area (Å²) in [5.41, 5.74) is 4.67. The van der Waals surface area contributed by atoms with Gasteiger partial charge in [-0.05, 0) is 43.3 Å². The van der Waals surface area contributed by atoms with Crippen molar-refractivity contribution >= 4 is 34.8 Å². The minimum atomic E-state index is -0.352. The molecule has 2 amide bonds. The van der Waals surface area contributed by atoms with E-state index in [2.05, 4.69) is 10.6 Å². The van der Waals surface area contributed by atoms with Crippen molar-refractivity contribution in [3.05, 3.63) is 95.1 Å². The van der Waals surface area contributed by atoms with Gasteiger partial charge in [0.2, 0.25) is 5.91 Å². The topological polar surface area (TPSA) is 76.0 Å². The van der Waals surface area contributed by atoms with Crippen LogP contribution in [0.25, 0.3) is 16.9 Å². The molecule has 3 aromatic carbocycles. The van der Waals surface area contributed by atoms with E-state index in [0.29, 0.717) is 34.1 Å². The minimum absolute atomic E-state index is 0.125. The van der Waals surface area contributed by atoms with E-state index in [1.807, 2.05) is 61.5 Å². The van der Waals surface area contributed by atoms with Crippen molar-refractivity contribution in [2.24, 2.45) is 0 Å². The van der Waals surface area contributed by atoms with Crippen LogP contribution in [0, 0.1) is 6.92 Å². The van der Waals surface area contributed by atoms with Crippen LogP contribution in [0.4, 0.5) is 11.4 Å². The first-order valence-corrected chi connectivity index (χ1v) is 11.0. The van der Waals surface area contributed by atoms with Crippen molar-refractivity contribution in [3.8, 4) is 16.9 Å². The van der Waals surface area contributed by atoms with Gasteiger partial charge in [0.15, 0.2) is 0 Å². The standard InChI is InChI=1S/C26H23ClN4O2/c1-3-24(32)28-19-12-13-22(27)23(15-19)29-26(33)21-16-31(20-10-5-4-6-11-20)30-25(21)18-9-7-8-17(2)14-18/h4-16H,3H2,1-2H3,(H,28,32)(H,29,33). The molecule has 166 valence electrons. The highest BCUT2D eigenvalue weighted by Crippen LogP contribution is 2.29. The number of aryl methyl sites for hydroxylation is 1. The van der Waals surface area contributed by atoms with Gasteiger partial charge >= 0.3 is 0 Å². The van der Waals surface area contributed by atoms with Crippen LogP contribution in [-0.4, -0.2) is 21.6 Å². The fraction of sp³-hybridized carbons (Fsp3) is 0.115. The lowest BCUT2D eigenvalue weighted by Crippen LogP contribution is -2.14. The van der Waals surface area contributed by atoms with Crippen molar-refractivity contribution in [2.75, 3.05) is 10.6 Å². The largest absolute Gasteiger partial charge is 0.326 e. The maximum atomic E-state index is 13.4. The molecular formula is C26H23ClN4O2. The Bertz CT molecular complexity index is 1320. The molecular weight excluding hydrogens is 436 g/mol. The molecule has 6 nitrogen and oxygen atoms in total. The van der Waals surface area contributed by atoms with Crippen LogP contribution in [0.5, 0.6) is 0 Å².